The Bertz CT molecular complexity index is 587. The molecule has 0 aliphatic heterocycles. The molecule has 5 heteroatoms. The van der Waals surface area contributed by atoms with Crippen LogP contribution in [0.3, 0.4) is 0 Å². The van der Waals surface area contributed by atoms with Crippen LogP contribution in [0.5, 0.6) is 0 Å². The summed E-state index contributed by atoms with van der Waals surface area (Å²) in [7, 11) is 0. The SMILES string of the molecule is CC1(C(=O)O)C2CC=C3C[C@@](C)(C(O)CO)CCC3[C@@]2(C)CC[C@@H]1O. The van der Waals surface area contributed by atoms with E-state index >= 15 is 0 Å². The van der Waals surface area contributed by atoms with Crippen LogP contribution in [0.25, 0.3) is 0 Å². The summed E-state index contributed by atoms with van der Waals surface area (Å²) in [6.45, 7) is 5.72. The number of aliphatic hydroxyl groups excluding tert-OH is 3. The van der Waals surface area contributed by atoms with Gasteiger partial charge in [-0.3, -0.25) is 4.79 Å². The minimum atomic E-state index is -1.11. The second-order valence-corrected chi connectivity index (χ2v) is 9.34. The first kappa shape index (κ1) is 18.9. The summed E-state index contributed by atoms with van der Waals surface area (Å²) in [4.78, 5) is 12.0. The van der Waals surface area contributed by atoms with Crippen molar-refractivity contribution in [3.05, 3.63) is 11.6 Å². The first-order valence-electron chi connectivity index (χ1n) is 9.49. The van der Waals surface area contributed by atoms with Gasteiger partial charge in [0.1, 0.15) is 0 Å². The third-order valence-corrected chi connectivity index (χ3v) is 8.08. The van der Waals surface area contributed by atoms with Gasteiger partial charge in [-0.2, -0.15) is 0 Å². The molecule has 2 fully saturated rings. The van der Waals surface area contributed by atoms with Gasteiger partial charge >= 0.3 is 5.97 Å². The molecule has 3 aliphatic carbocycles. The van der Waals surface area contributed by atoms with E-state index in [1.807, 2.05) is 6.92 Å². The summed E-state index contributed by atoms with van der Waals surface area (Å²) < 4.78 is 0. The van der Waals surface area contributed by atoms with E-state index < -0.39 is 23.6 Å². The Morgan fingerprint density at radius 3 is 2.56 bits per heavy atom. The molecule has 0 amide bonds. The van der Waals surface area contributed by atoms with Gasteiger partial charge in [0.05, 0.1) is 24.2 Å². The van der Waals surface area contributed by atoms with Crippen LogP contribution in [0.1, 0.15) is 59.3 Å². The zero-order valence-electron chi connectivity index (χ0n) is 15.5. The van der Waals surface area contributed by atoms with Gasteiger partial charge in [-0.05, 0) is 68.1 Å². The van der Waals surface area contributed by atoms with Gasteiger partial charge in [0.15, 0.2) is 0 Å². The van der Waals surface area contributed by atoms with Crippen LogP contribution in [0.15, 0.2) is 11.6 Å². The average Bonchev–Trinajstić information content (AvgIpc) is 2.57. The third-order valence-electron chi connectivity index (χ3n) is 8.08. The molecule has 3 aliphatic rings. The third kappa shape index (κ3) is 2.58. The summed E-state index contributed by atoms with van der Waals surface area (Å²) in [5.74, 6) is -0.678. The molecule has 0 aromatic rings. The molecule has 0 heterocycles. The van der Waals surface area contributed by atoms with Gasteiger partial charge in [0.2, 0.25) is 0 Å². The highest BCUT2D eigenvalue weighted by molar-refractivity contribution is 5.76. The number of aliphatic hydroxyl groups is 3. The summed E-state index contributed by atoms with van der Waals surface area (Å²) in [6.07, 6.45) is 5.14. The predicted molar refractivity (Wildman–Crippen MR) is 93.8 cm³/mol. The molecule has 0 bridgehead atoms. The Labute approximate surface area is 149 Å². The zero-order valence-corrected chi connectivity index (χ0v) is 15.5. The second-order valence-electron chi connectivity index (χ2n) is 9.34. The molecule has 4 N–H and O–H groups in total. The van der Waals surface area contributed by atoms with E-state index in [4.69, 9.17) is 0 Å². The van der Waals surface area contributed by atoms with E-state index in [-0.39, 0.29) is 23.4 Å². The number of carboxylic acids is 1. The largest absolute Gasteiger partial charge is 0.481 e. The lowest BCUT2D eigenvalue weighted by Crippen LogP contribution is -2.59. The monoisotopic (exact) mass is 352 g/mol. The van der Waals surface area contributed by atoms with E-state index in [9.17, 15) is 25.2 Å². The van der Waals surface area contributed by atoms with Crippen LogP contribution in [0.4, 0.5) is 0 Å². The Hall–Kier alpha value is -0.910. The molecule has 0 aromatic carbocycles. The van der Waals surface area contributed by atoms with E-state index in [1.54, 1.807) is 6.92 Å². The van der Waals surface area contributed by atoms with Crippen molar-refractivity contribution in [1.82, 2.24) is 0 Å². The summed E-state index contributed by atoms with van der Waals surface area (Å²) >= 11 is 0. The maximum atomic E-state index is 12.0. The molecule has 0 radical (unpaired) electrons. The lowest BCUT2D eigenvalue weighted by Gasteiger charge is -2.60. The van der Waals surface area contributed by atoms with Crippen LogP contribution in [-0.2, 0) is 4.79 Å². The minimum absolute atomic E-state index is 0.0814. The van der Waals surface area contributed by atoms with Gasteiger partial charge in [-0.15, -0.1) is 0 Å². The minimum Gasteiger partial charge on any atom is -0.481 e. The predicted octanol–water partition coefficient (Wildman–Crippen LogP) is 2.34. The van der Waals surface area contributed by atoms with Crippen molar-refractivity contribution >= 4 is 5.97 Å². The molecule has 0 aromatic heterocycles. The molecule has 4 unspecified atom stereocenters. The second kappa shape index (κ2) is 6.07. The molecule has 5 nitrogen and oxygen atoms in total. The molecule has 3 rings (SSSR count). The fraction of sp³-hybridized carbons (Fsp3) is 0.850. The van der Waals surface area contributed by atoms with Crippen molar-refractivity contribution < 1.29 is 25.2 Å². The standard InChI is InChI=1S/C20H32O5/c1-18(16(23)11-21)8-6-13-12(10-18)4-5-14-19(13,2)9-7-15(22)20(14,3)17(24)25/h4,13-16,21-23H,5-11H2,1-3H3,(H,24,25)/t13?,14?,15-,16?,18-,19+,20?/m0/s1. The molecule has 2 saturated carbocycles. The number of hydrogen-bond donors (Lipinski definition) is 4. The first-order valence-corrected chi connectivity index (χ1v) is 9.49. The van der Waals surface area contributed by atoms with Crippen LogP contribution < -0.4 is 0 Å². The number of fused-ring (bicyclic) bond motifs is 3. The average molecular weight is 352 g/mol. The van der Waals surface area contributed by atoms with E-state index in [1.165, 1.54) is 5.57 Å². The number of hydrogen-bond acceptors (Lipinski definition) is 4. The quantitative estimate of drug-likeness (QED) is 0.585. The van der Waals surface area contributed by atoms with Crippen molar-refractivity contribution in [2.24, 2.45) is 28.1 Å². The van der Waals surface area contributed by atoms with Crippen molar-refractivity contribution in [2.75, 3.05) is 6.61 Å². The van der Waals surface area contributed by atoms with Crippen LogP contribution >= 0.6 is 0 Å². The lowest BCUT2D eigenvalue weighted by molar-refractivity contribution is -0.182. The van der Waals surface area contributed by atoms with Crippen LogP contribution in [-0.4, -0.2) is 45.2 Å². The molecule has 142 valence electrons. The Kier molecular flexibility index (Phi) is 4.58. The van der Waals surface area contributed by atoms with Gasteiger partial charge < -0.3 is 20.4 Å². The molecule has 0 spiro atoms. The maximum absolute atomic E-state index is 12.0. The van der Waals surface area contributed by atoms with E-state index in [2.05, 4.69) is 13.0 Å². The maximum Gasteiger partial charge on any atom is 0.312 e. The Morgan fingerprint density at radius 1 is 1.28 bits per heavy atom. The number of carboxylic acid groups (broad SMARTS) is 1. The number of rotatable bonds is 3. The normalized spacial score (nSPS) is 48.1. The number of carbonyl (C=O) groups is 1. The summed E-state index contributed by atoms with van der Waals surface area (Å²) in [6, 6.07) is 0. The lowest BCUT2D eigenvalue weighted by atomic mass is 9.44. The Balaban J connectivity index is 1.95. The van der Waals surface area contributed by atoms with E-state index in [0.29, 0.717) is 18.8 Å². The summed E-state index contributed by atoms with van der Waals surface area (Å²) in [5, 5.41) is 40.0. The first-order chi connectivity index (χ1) is 11.6. The molecule has 0 saturated heterocycles. The highest BCUT2D eigenvalue weighted by Gasteiger charge is 2.61. The molecular formula is C20H32O5. The fourth-order valence-electron chi connectivity index (χ4n) is 6.14. The van der Waals surface area contributed by atoms with Gasteiger partial charge in [-0.1, -0.05) is 25.5 Å². The van der Waals surface area contributed by atoms with Crippen molar-refractivity contribution in [3.8, 4) is 0 Å². The zero-order chi connectivity index (χ0) is 18.6. The smallest absolute Gasteiger partial charge is 0.312 e. The Morgan fingerprint density at radius 2 is 1.96 bits per heavy atom. The van der Waals surface area contributed by atoms with Crippen LogP contribution in [0.2, 0.25) is 0 Å². The molecule has 7 atom stereocenters. The van der Waals surface area contributed by atoms with Gasteiger partial charge in [0, 0.05) is 0 Å². The topological polar surface area (TPSA) is 98.0 Å². The van der Waals surface area contributed by atoms with E-state index in [0.717, 1.165) is 25.7 Å². The summed E-state index contributed by atoms with van der Waals surface area (Å²) in [5.41, 5.74) is -0.253. The van der Waals surface area contributed by atoms with Gasteiger partial charge in [0.25, 0.3) is 0 Å². The fourth-order valence-corrected chi connectivity index (χ4v) is 6.14. The molecule has 25 heavy (non-hydrogen) atoms. The van der Waals surface area contributed by atoms with Crippen molar-refractivity contribution in [3.63, 3.8) is 0 Å². The number of aliphatic carboxylic acids is 1. The highest BCUT2D eigenvalue weighted by Crippen LogP contribution is 2.63. The van der Waals surface area contributed by atoms with Crippen molar-refractivity contribution in [1.29, 1.82) is 0 Å². The molecular weight excluding hydrogens is 320 g/mol. The van der Waals surface area contributed by atoms with Crippen molar-refractivity contribution in [2.45, 2.75) is 71.5 Å². The number of allylic oxidation sites excluding steroid dienone is 2. The highest BCUT2D eigenvalue weighted by atomic mass is 16.4. The van der Waals surface area contributed by atoms with Gasteiger partial charge in [-0.25, -0.2) is 0 Å². The van der Waals surface area contributed by atoms with Crippen LogP contribution in [0, 0.1) is 28.1 Å².